The Morgan fingerprint density at radius 3 is 2.79 bits per heavy atom. The summed E-state index contributed by atoms with van der Waals surface area (Å²) in [7, 11) is 0. The van der Waals surface area contributed by atoms with Crippen LogP contribution in [0.1, 0.15) is 11.8 Å². The number of anilines is 1. The summed E-state index contributed by atoms with van der Waals surface area (Å²) in [4.78, 5) is 24.6. The van der Waals surface area contributed by atoms with E-state index in [1.807, 2.05) is 11.4 Å². The van der Waals surface area contributed by atoms with Crippen molar-refractivity contribution < 1.29 is 24.2 Å². The number of hydrogen-bond acceptors (Lipinski definition) is 6. The Kier molecular flexibility index (Phi) is 4.41. The van der Waals surface area contributed by atoms with E-state index in [4.69, 9.17) is 9.47 Å². The predicted octanol–water partition coefficient (Wildman–Crippen LogP) is 1.44. The lowest BCUT2D eigenvalue weighted by molar-refractivity contribution is -0.136. The van der Waals surface area contributed by atoms with Crippen molar-refractivity contribution in [1.29, 1.82) is 0 Å². The maximum atomic E-state index is 11.9. The first-order valence-electron chi connectivity index (χ1n) is 7.21. The lowest BCUT2D eigenvalue weighted by Gasteiger charge is -2.22. The smallest absolute Gasteiger partial charge is 0.313 e. The normalized spacial score (nSPS) is 14.8. The number of hydrogen-bond donors (Lipinski definition) is 3. The molecule has 7 nitrogen and oxygen atoms in total. The van der Waals surface area contributed by atoms with Crippen molar-refractivity contribution >= 4 is 28.8 Å². The molecule has 1 aromatic heterocycles. The van der Waals surface area contributed by atoms with Gasteiger partial charge in [-0.05, 0) is 30.5 Å². The molecule has 0 saturated carbocycles. The molecular formula is C16H16N2O5S. The Morgan fingerprint density at radius 1 is 1.25 bits per heavy atom. The summed E-state index contributed by atoms with van der Waals surface area (Å²) in [6.45, 7) is 1.64. The number of carbonyl (C=O) groups excluding carboxylic acids is 2. The number of ether oxygens (including phenoxy) is 2. The van der Waals surface area contributed by atoms with Gasteiger partial charge in [0.05, 0.1) is 6.54 Å². The molecule has 3 N–H and O–H groups in total. The Bertz CT molecular complexity index is 758. The second-order valence-electron chi connectivity index (χ2n) is 5.46. The van der Waals surface area contributed by atoms with E-state index in [2.05, 4.69) is 10.6 Å². The lowest BCUT2D eigenvalue weighted by atomic mass is 10.1. The maximum absolute atomic E-state index is 11.9. The van der Waals surface area contributed by atoms with Gasteiger partial charge in [-0.1, -0.05) is 6.07 Å². The molecule has 24 heavy (non-hydrogen) atoms. The highest BCUT2D eigenvalue weighted by atomic mass is 32.1. The molecule has 1 aliphatic heterocycles. The molecule has 0 aliphatic carbocycles. The zero-order valence-corrected chi connectivity index (χ0v) is 13.7. The molecule has 0 radical (unpaired) electrons. The zero-order valence-electron chi connectivity index (χ0n) is 12.9. The fourth-order valence-electron chi connectivity index (χ4n) is 2.17. The van der Waals surface area contributed by atoms with Crippen LogP contribution in [0.4, 0.5) is 5.69 Å². The SMILES string of the molecule is CC(O)(CNC(=O)C(=O)Nc1ccc2c(c1)OCO2)c1cccs1. The first-order chi connectivity index (χ1) is 11.5. The van der Waals surface area contributed by atoms with E-state index in [0.717, 1.165) is 0 Å². The fraction of sp³-hybridized carbons (Fsp3) is 0.250. The van der Waals surface area contributed by atoms with Crippen LogP contribution in [0, 0.1) is 0 Å². The van der Waals surface area contributed by atoms with Crippen LogP contribution in [-0.4, -0.2) is 30.3 Å². The Hall–Kier alpha value is -2.58. The molecule has 0 fully saturated rings. The molecular weight excluding hydrogens is 332 g/mol. The fourth-order valence-corrected chi connectivity index (χ4v) is 2.95. The van der Waals surface area contributed by atoms with Crippen LogP contribution in [0.2, 0.25) is 0 Å². The largest absolute Gasteiger partial charge is 0.454 e. The Balaban J connectivity index is 1.56. The second-order valence-corrected chi connectivity index (χ2v) is 6.40. The van der Waals surface area contributed by atoms with E-state index in [0.29, 0.717) is 22.1 Å². The molecule has 0 bridgehead atoms. The minimum Gasteiger partial charge on any atom is -0.454 e. The molecule has 8 heteroatoms. The van der Waals surface area contributed by atoms with E-state index in [-0.39, 0.29) is 13.3 Å². The minimum absolute atomic E-state index is 0.0685. The summed E-state index contributed by atoms with van der Waals surface area (Å²) in [5.41, 5.74) is -0.813. The van der Waals surface area contributed by atoms with Crippen LogP contribution in [0.5, 0.6) is 11.5 Å². The summed E-state index contributed by atoms with van der Waals surface area (Å²) in [5.74, 6) is -0.557. The molecule has 1 aromatic carbocycles. The monoisotopic (exact) mass is 348 g/mol. The third-order valence-electron chi connectivity index (χ3n) is 3.48. The number of fused-ring (bicyclic) bond motifs is 1. The molecule has 0 spiro atoms. The highest BCUT2D eigenvalue weighted by Crippen LogP contribution is 2.34. The van der Waals surface area contributed by atoms with Crippen LogP contribution in [0.3, 0.4) is 0 Å². The van der Waals surface area contributed by atoms with E-state index >= 15 is 0 Å². The van der Waals surface area contributed by atoms with Crippen molar-refractivity contribution in [2.24, 2.45) is 0 Å². The molecule has 2 amide bonds. The van der Waals surface area contributed by atoms with Gasteiger partial charge in [0.15, 0.2) is 11.5 Å². The van der Waals surface area contributed by atoms with Crippen LogP contribution < -0.4 is 20.1 Å². The average Bonchev–Trinajstić information content (AvgIpc) is 3.23. The van der Waals surface area contributed by atoms with Gasteiger partial charge in [-0.15, -0.1) is 11.3 Å². The van der Waals surface area contributed by atoms with Gasteiger partial charge in [0.1, 0.15) is 5.60 Å². The predicted molar refractivity (Wildman–Crippen MR) is 88.1 cm³/mol. The van der Waals surface area contributed by atoms with Crippen LogP contribution in [-0.2, 0) is 15.2 Å². The van der Waals surface area contributed by atoms with Crippen molar-refractivity contribution in [3.63, 3.8) is 0 Å². The zero-order chi connectivity index (χ0) is 17.2. The molecule has 2 heterocycles. The van der Waals surface area contributed by atoms with Crippen molar-refractivity contribution in [3.05, 3.63) is 40.6 Å². The van der Waals surface area contributed by atoms with Crippen molar-refractivity contribution in [3.8, 4) is 11.5 Å². The summed E-state index contributed by atoms with van der Waals surface area (Å²) in [6, 6.07) is 8.42. The molecule has 1 aliphatic rings. The van der Waals surface area contributed by atoms with Gasteiger partial charge in [0, 0.05) is 16.6 Å². The highest BCUT2D eigenvalue weighted by molar-refractivity contribution is 7.10. The standard InChI is InChI=1S/C16H16N2O5S/c1-16(21,13-3-2-6-24-13)8-17-14(19)15(20)18-10-4-5-11-12(7-10)23-9-22-11/h2-7,21H,8-9H2,1H3,(H,17,19)(H,18,20). The molecule has 126 valence electrons. The summed E-state index contributed by atoms with van der Waals surface area (Å²) >= 11 is 1.38. The summed E-state index contributed by atoms with van der Waals surface area (Å²) in [5, 5.41) is 17.1. The van der Waals surface area contributed by atoms with E-state index < -0.39 is 17.4 Å². The van der Waals surface area contributed by atoms with E-state index in [9.17, 15) is 14.7 Å². The number of benzene rings is 1. The van der Waals surface area contributed by atoms with Crippen LogP contribution in [0.25, 0.3) is 0 Å². The van der Waals surface area contributed by atoms with Gasteiger partial charge in [-0.3, -0.25) is 9.59 Å². The van der Waals surface area contributed by atoms with Gasteiger partial charge in [-0.2, -0.15) is 0 Å². The van der Waals surface area contributed by atoms with Crippen LogP contribution >= 0.6 is 11.3 Å². The minimum atomic E-state index is -1.23. The summed E-state index contributed by atoms with van der Waals surface area (Å²) < 4.78 is 10.4. The Morgan fingerprint density at radius 2 is 2.04 bits per heavy atom. The highest BCUT2D eigenvalue weighted by Gasteiger charge is 2.26. The topological polar surface area (TPSA) is 96.9 Å². The quantitative estimate of drug-likeness (QED) is 0.727. The first kappa shape index (κ1) is 16.3. The van der Waals surface area contributed by atoms with E-state index in [1.54, 1.807) is 31.2 Å². The molecule has 1 atom stereocenters. The number of carbonyl (C=O) groups is 2. The number of aliphatic hydroxyl groups is 1. The summed E-state index contributed by atoms with van der Waals surface area (Å²) in [6.07, 6.45) is 0. The third-order valence-corrected chi connectivity index (χ3v) is 4.60. The lowest BCUT2D eigenvalue weighted by Crippen LogP contribution is -2.42. The number of nitrogens with one attached hydrogen (secondary N) is 2. The third kappa shape index (κ3) is 3.50. The van der Waals surface area contributed by atoms with Gasteiger partial charge in [0.2, 0.25) is 6.79 Å². The van der Waals surface area contributed by atoms with Gasteiger partial charge >= 0.3 is 11.8 Å². The van der Waals surface area contributed by atoms with Crippen LogP contribution in [0.15, 0.2) is 35.7 Å². The second kappa shape index (κ2) is 6.50. The van der Waals surface area contributed by atoms with Crippen molar-refractivity contribution in [1.82, 2.24) is 5.32 Å². The first-order valence-corrected chi connectivity index (χ1v) is 8.09. The molecule has 3 rings (SSSR count). The molecule has 1 unspecified atom stereocenters. The van der Waals surface area contributed by atoms with Crippen molar-refractivity contribution in [2.75, 3.05) is 18.7 Å². The van der Waals surface area contributed by atoms with Gasteiger partial charge in [-0.25, -0.2) is 0 Å². The average molecular weight is 348 g/mol. The number of rotatable bonds is 4. The number of amides is 2. The number of thiophene rings is 1. The van der Waals surface area contributed by atoms with E-state index in [1.165, 1.54) is 11.3 Å². The van der Waals surface area contributed by atoms with Crippen molar-refractivity contribution in [2.45, 2.75) is 12.5 Å². The van der Waals surface area contributed by atoms with Gasteiger partial charge < -0.3 is 25.2 Å². The molecule has 0 saturated heterocycles. The Labute approximate surface area is 142 Å². The van der Waals surface area contributed by atoms with Gasteiger partial charge in [0.25, 0.3) is 0 Å². The maximum Gasteiger partial charge on any atom is 0.313 e. The molecule has 2 aromatic rings.